The summed E-state index contributed by atoms with van der Waals surface area (Å²) < 4.78 is 8.42. The van der Waals surface area contributed by atoms with Crippen LogP contribution in [0.3, 0.4) is 0 Å². The van der Waals surface area contributed by atoms with Gasteiger partial charge in [-0.05, 0) is 50.4 Å². The quantitative estimate of drug-likeness (QED) is 0.786. The van der Waals surface area contributed by atoms with Crippen LogP contribution in [0.5, 0.6) is 0 Å². The van der Waals surface area contributed by atoms with Crippen molar-refractivity contribution < 1.29 is 9.53 Å². The predicted molar refractivity (Wildman–Crippen MR) is 97.8 cm³/mol. The molecule has 1 saturated heterocycles. The van der Waals surface area contributed by atoms with E-state index in [1.54, 1.807) is 0 Å². The summed E-state index contributed by atoms with van der Waals surface area (Å²) in [7, 11) is 0. The predicted octanol–water partition coefficient (Wildman–Crippen LogP) is 2.83. The van der Waals surface area contributed by atoms with Gasteiger partial charge in [0.15, 0.2) is 0 Å². The van der Waals surface area contributed by atoms with Crippen LogP contribution in [0.1, 0.15) is 55.8 Å². The summed E-state index contributed by atoms with van der Waals surface area (Å²) in [5, 5.41) is 0. The van der Waals surface area contributed by atoms with E-state index in [9.17, 15) is 4.79 Å². The largest absolute Gasteiger partial charge is 0.380 e. The molecule has 1 atom stereocenters. The van der Waals surface area contributed by atoms with Crippen LogP contribution >= 0.6 is 0 Å². The number of aromatic nitrogens is 2. The molecule has 3 fully saturated rings. The maximum absolute atomic E-state index is 12.9. The van der Waals surface area contributed by atoms with E-state index in [2.05, 4.69) is 4.57 Å². The van der Waals surface area contributed by atoms with E-state index in [0.29, 0.717) is 13.2 Å². The Balaban J connectivity index is 1.33. The van der Waals surface area contributed by atoms with E-state index in [-0.39, 0.29) is 11.9 Å². The molecule has 0 radical (unpaired) electrons. The van der Waals surface area contributed by atoms with Crippen molar-refractivity contribution in [2.24, 2.45) is 11.8 Å². The lowest BCUT2D eigenvalue weighted by atomic mass is 9.99. The maximum atomic E-state index is 12.9. The number of imidazole rings is 1. The lowest BCUT2D eigenvalue weighted by Gasteiger charge is -2.35. The molecular weight excluding hydrogens is 328 g/mol. The Morgan fingerprint density at radius 3 is 2.58 bits per heavy atom. The minimum Gasteiger partial charge on any atom is -0.380 e. The van der Waals surface area contributed by atoms with Crippen LogP contribution in [0.4, 0.5) is 4.79 Å². The average Bonchev–Trinajstić information content (AvgIpc) is 3.55. The lowest BCUT2D eigenvalue weighted by molar-refractivity contribution is 0.0880. The highest BCUT2D eigenvalue weighted by molar-refractivity contribution is 5.75. The highest BCUT2D eigenvalue weighted by Crippen LogP contribution is 2.35. The first-order chi connectivity index (χ1) is 12.8. The SMILES string of the molecule is O=C(N1CCCC1)N1Cc2ncn(CC3CC3)c2[C@H](COCC2CC2)C1. The molecule has 26 heavy (non-hydrogen) atoms. The first-order valence-corrected chi connectivity index (χ1v) is 10.4. The van der Waals surface area contributed by atoms with Gasteiger partial charge in [-0.25, -0.2) is 9.78 Å². The highest BCUT2D eigenvalue weighted by Gasteiger charge is 2.36. The van der Waals surface area contributed by atoms with Gasteiger partial charge in [-0.3, -0.25) is 0 Å². The van der Waals surface area contributed by atoms with Crippen molar-refractivity contribution in [3.05, 3.63) is 17.7 Å². The first kappa shape index (κ1) is 16.6. The second-order valence-corrected chi connectivity index (χ2v) is 8.71. The third kappa shape index (κ3) is 3.48. The standard InChI is InChI=1S/C20H30N4O2/c25-20(22-7-1-2-8-22)23-10-17(13-26-12-16-5-6-16)19-18(11-23)21-14-24(19)9-15-3-4-15/h14-17H,1-13H2/t17-/m0/s1. The zero-order chi connectivity index (χ0) is 17.5. The first-order valence-electron chi connectivity index (χ1n) is 10.4. The van der Waals surface area contributed by atoms with Crippen molar-refractivity contribution in [2.75, 3.05) is 32.8 Å². The van der Waals surface area contributed by atoms with Gasteiger partial charge in [-0.15, -0.1) is 0 Å². The summed E-state index contributed by atoms with van der Waals surface area (Å²) >= 11 is 0. The summed E-state index contributed by atoms with van der Waals surface area (Å²) in [6.07, 6.45) is 9.58. The Labute approximate surface area is 155 Å². The number of urea groups is 1. The molecule has 0 N–H and O–H groups in total. The van der Waals surface area contributed by atoms with Crippen molar-refractivity contribution in [2.45, 2.75) is 57.5 Å². The van der Waals surface area contributed by atoms with Crippen molar-refractivity contribution >= 4 is 6.03 Å². The van der Waals surface area contributed by atoms with Crippen LogP contribution in [0, 0.1) is 11.8 Å². The molecule has 4 aliphatic rings. The fourth-order valence-corrected chi connectivity index (χ4v) is 4.39. The number of amides is 2. The molecule has 0 unspecified atom stereocenters. The number of fused-ring (bicyclic) bond motifs is 1. The lowest BCUT2D eigenvalue weighted by Crippen LogP contribution is -2.46. The molecule has 0 bridgehead atoms. The molecule has 1 aromatic heterocycles. The topological polar surface area (TPSA) is 50.6 Å². The minimum absolute atomic E-state index is 0.192. The molecule has 2 amide bonds. The Kier molecular flexibility index (Phi) is 4.39. The summed E-state index contributed by atoms with van der Waals surface area (Å²) in [4.78, 5) is 21.6. The molecule has 0 aromatic carbocycles. The number of carbonyl (C=O) groups excluding carboxylic acids is 1. The summed E-state index contributed by atoms with van der Waals surface area (Å²) in [6.45, 7) is 5.90. The van der Waals surface area contributed by atoms with Gasteiger partial charge >= 0.3 is 6.03 Å². The molecule has 6 nitrogen and oxygen atoms in total. The van der Waals surface area contributed by atoms with E-state index in [1.165, 1.54) is 31.4 Å². The molecule has 5 rings (SSSR count). The molecule has 3 heterocycles. The summed E-state index contributed by atoms with van der Waals surface area (Å²) in [5.41, 5.74) is 2.42. The number of carbonyl (C=O) groups is 1. The molecule has 2 aliphatic heterocycles. The van der Waals surface area contributed by atoms with Crippen molar-refractivity contribution in [3.63, 3.8) is 0 Å². The average molecular weight is 358 g/mol. The van der Waals surface area contributed by atoms with E-state index < -0.39 is 0 Å². The Morgan fingerprint density at radius 2 is 1.85 bits per heavy atom. The Morgan fingerprint density at radius 1 is 1.08 bits per heavy atom. The highest BCUT2D eigenvalue weighted by atomic mass is 16.5. The van der Waals surface area contributed by atoms with E-state index in [1.807, 2.05) is 16.1 Å². The molecule has 0 spiro atoms. The van der Waals surface area contributed by atoms with Crippen molar-refractivity contribution in [1.29, 1.82) is 0 Å². The van der Waals surface area contributed by atoms with Crippen LogP contribution in [0.2, 0.25) is 0 Å². The van der Waals surface area contributed by atoms with Gasteiger partial charge in [0.1, 0.15) is 0 Å². The van der Waals surface area contributed by atoms with E-state index in [0.717, 1.165) is 63.2 Å². The van der Waals surface area contributed by atoms with Gasteiger partial charge in [0.2, 0.25) is 0 Å². The van der Waals surface area contributed by atoms with Gasteiger partial charge < -0.3 is 19.1 Å². The van der Waals surface area contributed by atoms with Crippen molar-refractivity contribution in [3.8, 4) is 0 Å². The number of nitrogens with zero attached hydrogens (tertiary/aromatic N) is 4. The molecule has 2 aliphatic carbocycles. The number of hydrogen-bond acceptors (Lipinski definition) is 3. The van der Waals surface area contributed by atoms with Gasteiger partial charge in [-0.1, -0.05) is 0 Å². The molecular formula is C20H30N4O2. The zero-order valence-corrected chi connectivity index (χ0v) is 15.6. The fourth-order valence-electron chi connectivity index (χ4n) is 4.39. The number of rotatable bonds is 6. The van der Waals surface area contributed by atoms with Gasteiger partial charge in [-0.2, -0.15) is 0 Å². The van der Waals surface area contributed by atoms with Crippen LogP contribution in [-0.4, -0.2) is 58.2 Å². The molecule has 2 saturated carbocycles. The van der Waals surface area contributed by atoms with Crippen LogP contribution in [-0.2, 0) is 17.8 Å². The van der Waals surface area contributed by atoms with Gasteiger partial charge in [0.25, 0.3) is 0 Å². The van der Waals surface area contributed by atoms with Crippen LogP contribution < -0.4 is 0 Å². The van der Waals surface area contributed by atoms with Crippen LogP contribution in [0.25, 0.3) is 0 Å². The fraction of sp³-hybridized carbons (Fsp3) is 0.800. The summed E-state index contributed by atoms with van der Waals surface area (Å²) in [6, 6.07) is 0.192. The van der Waals surface area contributed by atoms with E-state index in [4.69, 9.17) is 9.72 Å². The second kappa shape index (κ2) is 6.87. The van der Waals surface area contributed by atoms with Gasteiger partial charge in [0.05, 0.1) is 25.2 Å². The molecule has 142 valence electrons. The number of hydrogen-bond donors (Lipinski definition) is 0. The maximum Gasteiger partial charge on any atom is 0.320 e. The van der Waals surface area contributed by atoms with Crippen molar-refractivity contribution in [1.82, 2.24) is 19.4 Å². The second-order valence-electron chi connectivity index (χ2n) is 8.71. The third-order valence-corrected chi connectivity index (χ3v) is 6.29. The van der Waals surface area contributed by atoms with Crippen LogP contribution in [0.15, 0.2) is 6.33 Å². The number of ether oxygens (including phenoxy) is 1. The third-order valence-electron chi connectivity index (χ3n) is 6.29. The Hall–Kier alpha value is -1.56. The Bertz CT molecular complexity index is 659. The zero-order valence-electron chi connectivity index (χ0n) is 15.6. The minimum atomic E-state index is 0.192. The molecule has 1 aromatic rings. The normalized spacial score (nSPS) is 25.6. The molecule has 6 heteroatoms. The smallest absolute Gasteiger partial charge is 0.320 e. The van der Waals surface area contributed by atoms with E-state index >= 15 is 0 Å². The monoisotopic (exact) mass is 358 g/mol. The van der Waals surface area contributed by atoms with Gasteiger partial charge in [0, 0.05) is 44.4 Å². The summed E-state index contributed by atoms with van der Waals surface area (Å²) in [5.74, 6) is 1.85. The number of likely N-dealkylation sites (tertiary alicyclic amines) is 1.